The average molecular weight is 198 g/mol. The van der Waals surface area contributed by atoms with E-state index < -0.39 is 8.69 Å². The van der Waals surface area contributed by atoms with Crippen LogP contribution in [0.4, 0.5) is 0 Å². The van der Waals surface area contributed by atoms with Crippen molar-refractivity contribution in [2.45, 2.75) is 0 Å². The van der Waals surface area contributed by atoms with Crippen LogP contribution in [0.25, 0.3) is 0 Å². The van der Waals surface area contributed by atoms with Crippen molar-refractivity contribution >= 4 is 77.6 Å². The van der Waals surface area contributed by atoms with Gasteiger partial charge in [-0.05, 0) is 0 Å². The zero-order chi connectivity index (χ0) is 2.71. The molecule has 0 unspecified atom stereocenters. The Morgan fingerprint density at radius 3 is 1.75 bits per heavy atom. The zero-order valence-corrected chi connectivity index (χ0v) is 2.20. The van der Waals surface area contributed by atoms with Crippen molar-refractivity contribution in [1.82, 2.24) is 0 Å². The molecule has 4 heteroatoms. The zero-order valence-electron chi connectivity index (χ0n) is 1.30. The molecule has 0 fully saturated rings. The van der Waals surface area contributed by atoms with Crippen LogP contribution in [0.5, 0.6) is 0 Å². The molecule has 0 bridgehead atoms. The summed E-state index contributed by atoms with van der Waals surface area (Å²) in [4.78, 5) is 6.99. The van der Waals surface area contributed by atoms with Crippen LogP contribution >= 0.6 is 8.69 Å². The fourth-order valence-corrected chi connectivity index (χ4v) is 0. The maximum absolute atomic E-state index is 8.46. The molecule has 1 N–H and O–H groups in total. The van der Waals surface area contributed by atoms with Gasteiger partial charge in [-0.3, -0.25) is 0 Å². The van der Waals surface area contributed by atoms with Gasteiger partial charge in [0.05, 0.1) is 0 Å². The van der Waals surface area contributed by atoms with Gasteiger partial charge in [-0.2, -0.15) is 0 Å². The minimum absolute atomic E-state index is 0. The third-order valence-electron chi connectivity index (χ3n) is 0. The summed E-state index contributed by atoms with van der Waals surface area (Å²) in [6.07, 6.45) is 0. The molecule has 20 valence electrons. The quantitative estimate of drug-likeness (QED) is 0.534. The molecule has 0 saturated heterocycles. The first-order chi connectivity index (χ1) is 1.41. The van der Waals surface area contributed by atoms with E-state index in [2.05, 4.69) is 0 Å². The van der Waals surface area contributed by atoms with Crippen LogP contribution in [0, 0.1) is 0 Å². The summed E-state index contributed by atoms with van der Waals surface area (Å²) in [6, 6.07) is 0. The molecule has 0 spiro atoms. The second-order valence-corrected chi connectivity index (χ2v) is 0.245. The Kier molecular flexibility index (Phi) is 21.1. The van der Waals surface area contributed by atoms with E-state index in [1.165, 1.54) is 0 Å². The molecule has 2 nitrogen and oxygen atoms in total. The molecule has 0 aliphatic heterocycles. The van der Waals surface area contributed by atoms with Crippen molar-refractivity contribution in [1.29, 1.82) is 0 Å². The third kappa shape index (κ3) is 8.93. The second kappa shape index (κ2) is 8.93. The van der Waals surface area contributed by atoms with Crippen molar-refractivity contribution in [2.75, 3.05) is 0 Å². The topological polar surface area (TPSA) is 37.3 Å². The predicted octanol–water partition coefficient (Wildman–Crippen LogP) is -0.463. The Morgan fingerprint density at radius 1 is 1.75 bits per heavy atom. The maximum atomic E-state index is 8.46. The van der Waals surface area contributed by atoms with Crippen LogP contribution in [0.3, 0.4) is 0 Å². The Hall–Kier alpha value is 2.11. The normalized spacial score (nSPS) is 5.25. The van der Waals surface area contributed by atoms with Gasteiger partial charge in [0.2, 0.25) is 0 Å². The van der Waals surface area contributed by atoms with Gasteiger partial charge in [-0.1, -0.05) is 0 Å². The van der Waals surface area contributed by atoms with E-state index in [4.69, 9.17) is 9.46 Å². The first kappa shape index (κ1) is 9.45. The van der Waals surface area contributed by atoms with Crippen LogP contribution in [0.15, 0.2) is 0 Å². The van der Waals surface area contributed by atoms with Crippen molar-refractivity contribution in [3.63, 3.8) is 0 Å². The summed E-state index contributed by atoms with van der Waals surface area (Å²) in [5.74, 6) is 0. The first-order valence-corrected chi connectivity index (χ1v) is 1.15. The molecule has 0 aliphatic rings. The standard InChI is InChI=1S/Cs.HO2P.H/c;1-3-2;/h;(H,1,2);. The summed E-state index contributed by atoms with van der Waals surface area (Å²) in [7, 11) is -0.833. The molecule has 4 heavy (non-hydrogen) atoms. The summed E-state index contributed by atoms with van der Waals surface area (Å²) in [6.45, 7) is 0. The van der Waals surface area contributed by atoms with Gasteiger partial charge in [-0.15, -0.1) is 0 Å². The van der Waals surface area contributed by atoms with Gasteiger partial charge in [0.1, 0.15) is 0 Å². The van der Waals surface area contributed by atoms with Crippen LogP contribution in [-0.2, 0) is 4.57 Å². The molecular formula is H2CsO2P. The Morgan fingerprint density at radius 2 is 1.75 bits per heavy atom. The van der Waals surface area contributed by atoms with Crippen LogP contribution < -0.4 is 0 Å². The first-order valence-electron chi connectivity index (χ1n) is 0.383. The molecule has 0 amide bonds. The van der Waals surface area contributed by atoms with Gasteiger partial charge in [0.25, 0.3) is 0 Å². The fourth-order valence-electron chi connectivity index (χ4n) is 0. The van der Waals surface area contributed by atoms with E-state index in [0.29, 0.717) is 0 Å². The molecule has 0 rings (SSSR count). The summed E-state index contributed by atoms with van der Waals surface area (Å²) in [5.41, 5.74) is 0. The van der Waals surface area contributed by atoms with Gasteiger partial charge >= 0.3 is 77.6 Å². The minimum atomic E-state index is -0.833. The Labute approximate surface area is 84.7 Å². The SMILES string of the molecule is O=PO.[CsH]. The number of hydrogen-bond acceptors (Lipinski definition) is 1. The number of hydrogen-bond donors (Lipinski definition) is 1. The Balaban J connectivity index is 0. The van der Waals surface area contributed by atoms with Crippen LogP contribution in [0.2, 0.25) is 0 Å². The monoisotopic (exact) mass is 198 g/mol. The van der Waals surface area contributed by atoms with E-state index in [-0.39, 0.29) is 68.9 Å². The van der Waals surface area contributed by atoms with Crippen molar-refractivity contribution < 1.29 is 9.46 Å². The van der Waals surface area contributed by atoms with Crippen molar-refractivity contribution in [3.05, 3.63) is 0 Å². The molecular weight excluding hydrogens is 196 g/mol. The molecule has 0 aromatic carbocycles. The molecule has 0 atom stereocenters. The van der Waals surface area contributed by atoms with Gasteiger partial charge in [-0.25, -0.2) is 4.57 Å². The molecule has 0 heterocycles. The Bertz CT molecular complexity index is 13.5. The van der Waals surface area contributed by atoms with E-state index in [9.17, 15) is 0 Å². The summed E-state index contributed by atoms with van der Waals surface area (Å²) >= 11 is 0. The van der Waals surface area contributed by atoms with Crippen molar-refractivity contribution in [2.24, 2.45) is 0 Å². The average Bonchev–Trinajstić information content (AvgIpc) is 0.918. The van der Waals surface area contributed by atoms with Gasteiger partial charge in [0.15, 0.2) is 0 Å². The number of rotatable bonds is 0. The third-order valence-corrected chi connectivity index (χ3v) is 0. The summed E-state index contributed by atoms with van der Waals surface area (Å²) < 4.78 is 8.46. The molecule has 0 radical (unpaired) electrons. The van der Waals surface area contributed by atoms with Crippen LogP contribution in [0.1, 0.15) is 0 Å². The van der Waals surface area contributed by atoms with E-state index in [0.717, 1.165) is 0 Å². The molecule has 0 aromatic rings. The molecule has 0 aliphatic carbocycles. The predicted molar refractivity (Wildman–Crippen MR) is 17.0 cm³/mol. The van der Waals surface area contributed by atoms with Crippen LogP contribution in [-0.4, -0.2) is 73.8 Å². The molecule has 0 saturated carbocycles. The van der Waals surface area contributed by atoms with Gasteiger partial charge in [0, 0.05) is 0 Å². The van der Waals surface area contributed by atoms with E-state index in [1.54, 1.807) is 0 Å². The molecule has 0 aromatic heterocycles. The second-order valence-electron chi connectivity index (χ2n) is 0.0816. The van der Waals surface area contributed by atoms with Crippen molar-refractivity contribution in [3.8, 4) is 0 Å². The summed E-state index contributed by atoms with van der Waals surface area (Å²) in [5, 5.41) is 0. The van der Waals surface area contributed by atoms with Gasteiger partial charge < -0.3 is 4.89 Å². The van der Waals surface area contributed by atoms with E-state index >= 15 is 0 Å². The fraction of sp³-hybridized carbons (Fsp3) is 0. The van der Waals surface area contributed by atoms with E-state index in [1.807, 2.05) is 0 Å².